The molecule has 0 aromatic heterocycles. The Bertz CT molecular complexity index is 785. The first-order valence-corrected chi connectivity index (χ1v) is 11.2. The molecule has 3 rings (SSSR count). The fraction of sp³-hybridized carbons (Fsp3) is 0.500. The second-order valence-corrected chi connectivity index (χ2v) is 8.22. The van der Waals surface area contributed by atoms with Crippen LogP contribution in [0.3, 0.4) is 0 Å². The quantitative estimate of drug-likeness (QED) is 0.487. The molecule has 0 radical (unpaired) electrons. The molecular weight excluding hydrogens is 374 g/mol. The lowest BCUT2D eigenvalue weighted by molar-refractivity contribution is -0.127. The van der Waals surface area contributed by atoms with Crippen LogP contribution in [0.2, 0.25) is 0 Å². The van der Waals surface area contributed by atoms with Gasteiger partial charge in [0.2, 0.25) is 0 Å². The summed E-state index contributed by atoms with van der Waals surface area (Å²) in [5.41, 5.74) is 2.28. The molecule has 30 heavy (non-hydrogen) atoms. The Morgan fingerprint density at radius 1 is 0.833 bits per heavy atom. The Kier molecular flexibility index (Phi) is 8.32. The lowest BCUT2D eigenvalue weighted by Gasteiger charge is -2.37. The van der Waals surface area contributed by atoms with Crippen molar-refractivity contribution in [2.24, 2.45) is 5.92 Å². The maximum Gasteiger partial charge on any atom is 0.139 e. The number of hydrogen-bond acceptors (Lipinski definition) is 4. The van der Waals surface area contributed by atoms with Gasteiger partial charge in [0.05, 0.1) is 14.2 Å². The average molecular weight is 410 g/mol. The molecule has 162 valence electrons. The molecule has 1 saturated heterocycles. The summed E-state index contributed by atoms with van der Waals surface area (Å²) in [6.45, 7) is 2.23. The number of hydrogen-bond donors (Lipinski definition) is 1. The minimum absolute atomic E-state index is 0.0202. The van der Waals surface area contributed by atoms with Gasteiger partial charge in [0, 0.05) is 24.4 Å². The Balaban J connectivity index is 1.78. The highest BCUT2D eigenvalue weighted by atomic mass is 16.5. The molecule has 1 heterocycles. The van der Waals surface area contributed by atoms with Crippen molar-refractivity contribution in [1.29, 1.82) is 0 Å². The first-order valence-electron chi connectivity index (χ1n) is 11.2. The van der Waals surface area contributed by atoms with Crippen LogP contribution in [0, 0.1) is 5.92 Å². The summed E-state index contributed by atoms with van der Waals surface area (Å²) in [5.74, 6) is 2.06. The SMILES string of the molecule is CCCCCCC[C@@H]1C(=O)C[C@H](c2ccc(OC)cc2)N[C@H]1c1ccc(OC)cc1. The molecule has 1 N–H and O–H groups in total. The number of carbonyl (C=O) groups excluding carboxylic acids is 1. The maximum atomic E-state index is 13.2. The van der Waals surface area contributed by atoms with E-state index in [1.807, 2.05) is 24.3 Å². The topological polar surface area (TPSA) is 47.6 Å². The van der Waals surface area contributed by atoms with Gasteiger partial charge in [0.1, 0.15) is 17.3 Å². The molecule has 0 bridgehead atoms. The minimum Gasteiger partial charge on any atom is -0.497 e. The van der Waals surface area contributed by atoms with E-state index >= 15 is 0 Å². The molecule has 2 aromatic carbocycles. The molecule has 4 heteroatoms. The van der Waals surface area contributed by atoms with E-state index in [-0.39, 0.29) is 18.0 Å². The minimum atomic E-state index is 0.0202. The highest BCUT2D eigenvalue weighted by molar-refractivity contribution is 5.83. The van der Waals surface area contributed by atoms with Crippen molar-refractivity contribution < 1.29 is 14.3 Å². The van der Waals surface area contributed by atoms with Crippen LogP contribution in [0.5, 0.6) is 11.5 Å². The summed E-state index contributed by atoms with van der Waals surface area (Å²) >= 11 is 0. The van der Waals surface area contributed by atoms with Gasteiger partial charge < -0.3 is 14.8 Å². The smallest absolute Gasteiger partial charge is 0.139 e. The van der Waals surface area contributed by atoms with Crippen molar-refractivity contribution in [3.05, 3.63) is 59.7 Å². The van der Waals surface area contributed by atoms with Gasteiger partial charge in [-0.1, -0.05) is 63.3 Å². The van der Waals surface area contributed by atoms with Gasteiger partial charge in [0.25, 0.3) is 0 Å². The predicted octanol–water partition coefficient (Wildman–Crippen LogP) is 6.03. The first-order chi connectivity index (χ1) is 14.7. The molecule has 4 nitrogen and oxygen atoms in total. The van der Waals surface area contributed by atoms with E-state index in [1.54, 1.807) is 14.2 Å². The molecule has 0 saturated carbocycles. The van der Waals surface area contributed by atoms with E-state index in [1.165, 1.54) is 25.7 Å². The molecule has 1 aliphatic rings. The number of ketones is 1. The zero-order valence-corrected chi connectivity index (χ0v) is 18.5. The van der Waals surface area contributed by atoms with Crippen LogP contribution in [0.25, 0.3) is 0 Å². The number of rotatable bonds is 10. The van der Waals surface area contributed by atoms with Gasteiger partial charge in [-0.15, -0.1) is 0 Å². The van der Waals surface area contributed by atoms with Crippen molar-refractivity contribution >= 4 is 5.78 Å². The van der Waals surface area contributed by atoms with Crippen molar-refractivity contribution in [2.75, 3.05) is 14.2 Å². The third-order valence-corrected chi connectivity index (χ3v) is 6.21. The molecule has 0 unspecified atom stereocenters. The van der Waals surface area contributed by atoms with Crippen LogP contribution < -0.4 is 14.8 Å². The van der Waals surface area contributed by atoms with E-state index in [0.29, 0.717) is 12.2 Å². The number of benzene rings is 2. The van der Waals surface area contributed by atoms with Gasteiger partial charge in [-0.2, -0.15) is 0 Å². The number of carbonyl (C=O) groups is 1. The fourth-order valence-electron chi connectivity index (χ4n) is 4.42. The summed E-state index contributed by atoms with van der Waals surface area (Å²) in [7, 11) is 3.35. The largest absolute Gasteiger partial charge is 0.497 e. The summed E-state index contributed by atoms with van der Waals surface area (Å²) in [6.07, 6.45) is 7.57. The van der Waals surface area contributed by atoms with Gasteiger partial charge in [-0.05, 0) is 41.8 Å². The summed E-state index contributed by atoms with van der Waals surface area (Å²) in [4.78, 5) is 13.2. The van der Waals surface area contributed by atoms with Crippen LogP contribution in [-0.4, -0.2) is 20.0 Å². The number of piperidine rings is 1. The molecule has 2 aromatic rings. The highest BCUT2D eigenvalue weighted by Gasteiger charge is 2.37. The van der Waals surface area contributed by atoms with Crippen LogP contribution in [-0.2, 0) is 4.79 Å². The lowest BCUT2D eigenvalue weighted by Crippen LogP contribution is -2.42. The average Bonchev–Trinajstić information content (AvgIpc) is 2.79. The number of nitrogens with one attached hydrogen (secondary N) is 1. The highest BCUT2D eigenvalue weighted by Crippen LogP contribution is 2.38. The fourth-order valence-corrected chi connectivity index (χ4v) is 4.42. The van der Waals surface area contributed by atoms with Crippen molar-refractivity contribution in [3.63, 3.8) is 0 Å². The van der Waals surface area contributed by atoms with Crippen LogP contribution in [0.4, 0.5) is 0 Å². The molecule has 0 amide bonds. The Labute approximate surface area is 181 Å². The summed E-state index contributed by atoms with van der Waals surface area (Å²) < 4.78 is 10.6. The van der Waals surface area contributed by atoms with Crippen molar-refractivity contribution in [1.82, 2.24) is 5.32 Å². The van der Waals surface area contributed by atoms with Gasteiger partial charge in [-0.25, -0.2) is 0 Å². The Morgan fingerprint density at radius 3 is 1.97 bits per heavy atom. The second-order valence-electron chi connectivity index (χ2n) is 8.22. The normalized spacial score (nSPS) is 21.4. The number of unbranched alkanes of at least 4 members (excludes halogenated alkanes) is 4. The Hall–Kier alpha value is -2.33. The van der Waals surface area contributed by atoms with Crippen molar-refractivity contribution in [3.8, 4) is 11.5 Å². The van der Waals surface area contributed by atoms with Crippen LogP contribution in [0.1, 0.15) is 75.1 Å². The van der Waals surface area contributed by atoms with E-state index < -0.39 is 0 Å². The lowest BCUT2D eigenvalue weighted by atomic mass is 9.78. The van der Waals surface area contributed by atoms with Gasteiger partial charge in [-0.3, -0.25) is 4.79 Å². The molecular formula is C26H35NO3. The van der Waals surface area contributed by atoms with E-state index in [2.05, 4.69) is 36.5 Å². The third-order valence-electron chi connectivity index (χ3n) is 6.21. The van der Waals surface area contributed by atoms with E-state index in [0.717, 1.165) is 35.5 Å². The Morgan fingerprint density at radius 2 is 1.40 bits per heavy atom. The monoisotopic (exact) mass is 409 g/mol. The maximum absolute atomic E-state index is 13.2. The first kappa shape index (κ1) is 22.4. The third kappa shape index (κ3) is 5.63. The molecule has 0 spiro atoms. The number of Topliss-reactive ketones (excluding diaryl/α,β-unsaturated/α-hetero) is 1. The van der Waals surface area contributed by atoms with E-state index in [9.17, 15) is 4.79 Å². The van der Waals surface area contributed by atoms with Gasteiger partial charge >= 0.3 is 0 Å². The number of methoxy groups -OCH3 is 2. The van der Waals surface area contributed by atoms with Gasteiger partial charge in [0.15, 0.2) is 0 Å². The van der Waals surface area contributed by atoms with E-state index in [4.69, 9.17) is 9.47 Å². The zero-order chi connectivity index (χ0) is 21.3. The van der Waals surface area contributed by atoms with Crippen LogP contribution in [0.15, 0.2) is 48.5 Å². The molecule has 0 aliphatic carbocycles. The summed E-state index contributed by atoms with van der Waals surface area (Å²) in [6, 6.07) is 16.2. The summed E-state index contributed by atoms with van der Waals surface area (Å²) in [5, 5.41) is 3.79. The number of ether oxygens (including phenoxy) is 2. The zero-order valence-electron chi connectivity index (χ0n) is 18.5. The standard InChI is InChI=1S/C26H35NO3/c1-4-5-6-7-8-9-23-25(28)18-24(19-10-14-21(29-2)15-11-19)27-26(23)20-12-16-22(30-3)17-13-20/h10-17,23-24,26-27H,4-9,18H2,1-3H3/t23-,24-,26+/m1/s1. The predicted molar refractivity (Wildman–Crippen MR) is 121 cm³/mol. The molecule has 1 fully saturated rings. The van der Waals surface area contributed by atoms with Crippen molar-refractivity contribution in [2.45, 2.75) is 64.0 Å². The molecule has 1 aliphatic heterocycles. The second kappa shape index (κ2) is 11.2. The van der Waals surface area contributed by atoms with Crippen LogP contribution >= 0.6 is 0 Å². The molecule has 3 atom stereocenters.